The highest BCUT2D eigenvalue weighted by molar-refractivity contribution is 7.99. The number of nitrogens with zero attached hydrogens (tertiary/aromatic N) is 2. The van der Waals surface area contributed by atoms with Gasteiger partial charge in [0.05, 0.1) is 11.9 Å². The average Bonchev–Trinajstić information content (AvgIpc) is 2.61. The van der Waals surface area contributed by atoms with Crippen LogP contribution in [-0.2, 0) is 4.79 Å². The molecule has 7 heteroatoms. The molecule has 0 spiro atoms. The zero-order chi connectivity index (χ0) is 10.6. The Kier molecular flexibility index (Phi) is 3.59. The summed E-state index contributed by atoms with van der Waals surface area (Å²) in [5.74, 6) is 0.692. The molecule has 2 N–H and O–H groups in total. The molecule has 1 rings (SSSR count). The molecule has 0 aromatic carbocycles. The van der Waals surface area contributed by atoms with Gasteiger partial charge in [0.1, 0.15) is 12.6 Å². The fourth-order valence-electron chi connectivity index (χ4n) is 1.05. The molecule has 0 aliphatic carbocycles. The quantitative estimate of drug-likeness (QED) is 0.658. The second kappa shape index (κ2) is 4.72. The molecule has 2 amide bonds. The minimum Gasteiger partial charge on any atom is -0.465 e. The lowest BCUT2D eigenvalue weighted by atomic mass is 10.3. The van der Waals surface area contributed by atoms with E-state index in [-0.39, 0.29) is 12.5 Å². The number of rotatable bonds is 2. The van der Waals surface area contributed by atoms with Crippen LogP contribution in [0.1, 0.15) is 0 Å². The molecule has 1 unspecified atom stereocenters. The van der Waals surface area contributed by atoms with E-state index in [1.165, 1.54) is 16.7 Å². The fourth-order valence-corrected chi connectivity index (χ4v) is 2.15. The Morgan fingerprint density at radius 3 is 3.00 bits per heavy atom. The third-order valence-electron chi connectivity index (χ3n) is 1.74. The first-order valence-corrected chi connectivity index (χ1v) is 5.04. The molecule has 0 aromatic heterocycles. The first-order valence-electron chi connectivity index (χ1n) is 3.88. The number of nitriles is 1. The maximum Gasteiger partial charge on any atom is 0.405 e. The predicted molar refractivity (Wildman–Crippen MR) is 49.6 cm³/mol. The van der Waals surface area contributed by atoms with E-state index in [1.54, 1.807) is 0 Å². The van der Waals surface area contributed by atoms with Crippen molar-refractivity contribution in [2.75, 3.05) is 18.2 Å². The Bertz CT molecular complexity index is 288. The van der Waals surface area contributed by atoms with Crippen molar-refractivity contribution in [2.45, 2.75) is 6.04 Å². The van der Waals surface area contributed by atoms with Gasteiger partial charge in [-0.1, -0.05) is 0 Å². The van der Waals surface area contributed by atoms with Crippen molar-refractivity contribution in [3.63, 3.8) is 0 Å². The van der Waals surface area contributed by atoms with Crippen LogP contribution in [0.4, 0.5) is 4.79 Å². The van der Waals surface area contributed by atoms with Crippen LogP contribution < -0.4 is 5.32 Å². The number of carbonyl (C=O) groups is 2. The molecule has 1 heterocycles. The Hall–Kier alpha value is -1.42. The standard InChI is InChI=1S/C7H9N3O3S/c8-1-5-3-14-4-10(5)6(11)2-9-7(12)13/h5,9H,2-4H2,(H,12,13). The van der Waals surface area contributed by atoms with Gasteiger partial charge in [0.15, 0.2) is 0 Å². The third-order valence-corrected chi connectivity index (χ3v) is 2.75. The summed E-state index contributed by atoms with van der Waals surface area (Å²) < 4.78 is 0. The number of hydrogen-bond donors (Lipinski definition) is 2. The fraction of sp³-hybridized carbons (Fsp3) is 0.571. The molecule has 1 fully saturated rings. The summed E-state index contributed by atoms with van der Waals surface area (Å²) in [7, 11) is 0. The van der Waals surface area contributed by atoms with Crippen molar-refractivity contribution in [1.82, 2.24) is 10.2 Å². The Labute approximate surface area is 84.9 Å². The van der Waals surface area contributed by atoms with Crippen LogP contribution in [0.15, 0.2) is 0 Å². The monoisotopic (exact) mass is 215 g/mol. The van der Waals surface area contributed by atoms with Crippen LogP contribution in [0, 0.1) is 11.3 Å². The molecule has 0 radical (unpaired) electrons. The van der Waals surface area contributed by atoms with Crippen molar-refractivity contribution in [1.29, 1.82) is 5.26 Å². The van der Waals surface area contributed by atoms with E-state index in [2.05, 4.69) is 0 Å². The van der Waals surface area contributed by atoms with Gasteiger partial charge in [0.2, 0.25) is 5.91 Å². The van der Waals surface area contributed by atoms with Crippen molar-refractivity contribution >= 4 is 23.8 Å². The Morgan fingerprint density at radius 2 is 2.43 bits per heavy atom. The number of carbonyl (C=O) groups excluding carboxylic acids is 1. The molecule has 0 bridgehead atoms. The minimum atomic E-state index is -1.24. The van der Waals surface area contributed by atoms with Gasteiger partial charge in [-0.15, -0.1) is 11.8 Å². The smallest absolute Gasteiger partial charge is 0.405 e. The van der Waals surface area contributed by atoms with Crippen molar-refractivity contribution < 1.29 is 14.7 Å². The Balaban J connectivity index is 2.44. The van der Waals surface area contributed by atoms with Gasteiger partial charge < -0.3 is 15.3 Å². The van der Waals surface area contributed by atoms with Gasteiger partial charge >= 0.3 is 6.09 Å². The summed E-state index contributed by atoms with van der Waals surface area (Å²) in [6.07, 6.45) is -1.24. The summed E-state index contributed by atoms with van der Waals surface area (Å²) in [6, 6.07) is 1.56. The maximum absolute atomic E-state index is 11.4. The number of amides is 2. The molecule has 6 nitrogen and oxygen atoms in total. The zero-order valence-corrected chi connectivity index (χ0v) is 8.08. The molecule has 14 heavy (non-hydrogen) atoms. The van der Waals surface area contributed by atoms with Crippen LogP contribution >= 0.6 is 11.8 Å². The van der Waals surface area contributed by atoms with Gasteiger partial charge in [-0.05, 0) is 0 Å². The highest BCUT2D eigenvalue weighted by atomic mass is 32.2. The van der Waals surface area contributed by atoms with Crippen LogP contribution in [0.2, 0.25) is 0 Å². The minimum absolute atomic E-state index is 0.270. The third kappa shape index (κ3) is 2.53. The lowest BCUT2D eigenvalue weighted by Crippen LogP contribution is -2.42. The predicted octanol–water partition coefficient (Wildman–Crippen LogP) is -0.321. The topological polar surface area (TPSA) is 93.4 Å². The molecule has 1 aliphatic heterocycles. The lowest BCUT2D eigenvalue weighted by Gasteiger charge is -2.17. The maximum atomic E-state index is 11.4. The first-order chi connectivity index (χ1) is 6.65. The van der Waals surface area contributed by atoms with E-state index in [9.17, 15) is 9.59 Å². The average molecular weight is 215 g/mol. The number of carboxylic acid groups (broad SMARTS) is 1. The summed E-state index contributed by atoms with van der Waals surface area (Å²) >= 11 is 1.48. The van der Waals surface area contributed by atoms with E-state index in [0.717, 1.165) is 0 Å². The summed E-state index contributed by atoms with van der Waals surface area (Å²) in [5, 5.41) is 18.9. The second-order valence-electron chi connectivity index (χ2n) is 2.67. The molecule has 1 atom stereocenters. The van der Waals surface area contributed by atoms with Crippen molar-refractivity contribution in [3.8, 4) is 6.07 Å². The summed E-state index contributed by atoms with van der Waals surface area (Å²) in [5.41, 5.74) is 0. The van der Waals surface area contributed by atoms with Gasteiger partial charge in [-0.3, -0.25) is 4.79 Å². The number of nitrogens with one attached hydrogen (secondary N) is 1. The SMILES string of the molecule is N#CC1CSCN1C(=O)CNC(=O)O. The van der Waals surface area contributed by atoms with Crippen LogP contribution in [-0.4, -0.2) is 46.2 Å². The highest BCUT2D eigenvalue weighted by Crippen LogP contribution is 2.19. The molecule has 0 aromatic rings. The molecular weight excluding hydrogens is 206 g/mol. The highest BCUT2D eigenvalue weighted by Gasteiger charge is 2.28. The Morgan fingerprint density at radius 1 is 1.71 bits per heavy atom. The second-order valence-corrected chi connectivity index (χ2v) is 3.67. The van der Waals surface area contributed by atoms with Crippen LogP contribution in [0.3, 0.4) is 0 Å². The zero-order valence-electron chi connectivity index (χ0n) is 7.27. The molecule has 1 saturated heterocycles. The van der Waals surface area contributed by atoms with Crippen molar-refractivity contribution in [3.05, 3.63) is 0 Å². The summed E-state index contributed by atoms with van der Waals surface area (Å²) in [4.78, 5) is 22.8. The lowest BCUT2D eigenvalue weighted by molar-refractivity contribution is -0.129. The van der Waals surface area contributed by atoms with Crippen molar-refractivity contribution in [2.24, 2.45) is 0 Å². The summed E-state index contributed by atoms with van der Waals surface area (Å²) in [6.45, 7) is -0.270. The van der Waals surface area contributed by atoms with Gasteiger partial charge in [0, 0.05) is 5.75 Å². The van der Waals surface area contributed by atoms with Gasteiger partial charge in [-0.25, -0.2) is 4.79 Å². The van der Waals surface area contributed by atoms with E-state index in [4.69, 9.17) is 10.4 Å². The molecule has 1 aliphatic rings. The normalized spacial score (nSPS) is 20.2. The molecular formula is C7H9N3O3S. The van der Waals surface area contributed by atoms with Crippen LogP contribution in [0.25, 0.3) is 0 Å². The first kappa shape index (κ1) is 10.7. The van der Waals surface area contributed by atoms with E-state index >= 15 is 0 Å². The van der Waals surface area contributed by atoms with Crippen LogP contribution in [0.5, 0.6) is 0 Å². The largest absolute Gasteiger partial charge is 0.465 e. The molecule has 76 valence electrons. The number of hydrogen-bond acceptors (Lipinski definition) is 4. The van der Waals surface area contributed by atoms with E-state index < -0.39 is 12.1 Å². The van der Waals surface area contributed by atoms with Gasteiger partial charge in [0.25, 0.3) is 0 Å². The van der Waals surface area contributed by atoms with Gasteiger partial charge in [-0.2, -0.15) is 5.26 Å². The van der Waals surface area contributed by atoms with E-state index in [0.29, 0.717) is 11.6 Å². The van der Waals surface area contributed by atoms with E-state index in [1.807, 2.05) is 11.4 Å². The molecule has 0 saturated carbocycles. The number of thioether (sulfide) groups is 1.